The van der Waals surface area contributed by atoms with Crippen LogP contribution in [0.15, 0.2) is 170 Å². The maximum absolute atomic E-state index is 5.04. The molecule has 0 unspecified atom stereocenters. The summed E-state index contributed by atoms with van der Waals surface area (Å²) in [7, 11) is 0. The standard InChI is InChI=1S/C45H28N4S/c1-4-15-29(16-5-1)43-46-44(30-17-6-2-7-18-30)48-45(47-43)32-20-14-19-31(27-32)36-28-37-34-23-10-12-25-38(34)49(33-21-8-3-9-22-33)41(37)42-40(36)35-24-11-13-26-39(35)50-42/h1-28H. The van der Waals surface area contributed by atoms with Gasteiger partial charge in [0.05, 0.1) is 15.7 Å². The molecule has 0 amide bonds. The Morgan fingerprint density at radius 2 is 0.960 bits per heavy atom. The van der Waals surface area contributed by atoms with Gasteiger partial charge in [-0.15, -0.1) is 11.3 Å². The Labute approximate surface area is 292 Å². The molecule has 0 radical (unpaired) electrons. The number of aromatic nitrogens is 4. The van der Waals surface area contributed by atoms with Crippen LogP contribution in [0.25, 0.3) is 93.0 Å². The van der Waals surface area contributed by atoms with Gasteiger partial charge in [0.25, 0.3) is 0 Å². The average Bonchev–Trinajstić information content (AvgIpc) is 3.75. The van der Waals surface area contributed by atoms with E-state index in [0.717, 1.165) is 27.9 Å². The monoisotopic (exact) mass is 656 g/mol. The van der Waals surface area contributed by atoms with Crippen molar-refractivity contribution in [3.63, 3.8) is 0 Å². The highest BCUT2D eigenvalue weighted by molar-refractivity contribution is 7.26. The fraction of sp³-hybridized carbons (Fsp3) is 0. The van der Waals surface area contributed by atoms with E-state index >= 15 is 0 Å². The lowest BCUT2D eigenvalue weighted by Gasteiger charge is -2.12. The molecule has 3 aromatic heterocycles. The van der Waals surface area contributed by atoms with Crippen molar-refractivity contribution in [2.75, 3.05) is 0 Å². The summed E-state index contributed by atoms with van der Waals surface area (Å²) < 4.78 is 4.99. The predicted molar refractivity (Wildman–Crippen MR) is 209 cm³/mol. The quantitative estimate of drug-likeness (QED) is 0.185. The molecule has 3 heterocycles. The van der Waals surface area contributed by atoms with Gasteiger partial charge in [-0.1, -0.05) is 133 Å². The molecule has 0 N–H and O–H groups in total. The van der Waals surface area contributed by atoms with Crippen LogP contribution in [-0.4, -0.2) is 19.5 Å². The molecule has 0 aliphatic heterocycles. The van der Waals surface area contributed by atoms with Gasteiger partial charge in [0.2, 0.25) is 0 Å². The van der Waals surface area contributed by atoms with Gasteiger partial charge >= 0.3 is 0 Å². The molecule has 10 rings (SSSR count). The molecule has 0 saturated heterocycles. The second-order valence-electron chi connectivity index (χ2n) is 12.4. The van der Waals surface area contributed by atoms with Crippen LogP contribution >= 0.6 is 11.3 Å². The summed E-state index contributed by atoms with van der Waals surface area (Å²) in [5.41, 5.74) is 8.77. The first-order valence-electron chi connectivity index (χ1n) is 16.7. The van der Waals surface area contributed by atoms with Crippen LogP contribution in [0.3, 0.4) is 0 Å². The number of thiophene rings is 1. The Hall–Kier alpha value is -6.43. The zero-order valence-electron chi connectivity index (χ0n) is 26.9. The van der Waals surface area contributed by atoms with Crippen LogP contribution in [-0.2, 0) is 0 Å². The first-order chi connectivity index (χ1) is 24.8. The van der Waals surface area contributed by atoms with Gasteiger partial charge in [0, 0.05) is 48.6 Å². The van der Waals surface area contributed by atoms with E-state index in [9.17, 15) is 0 Å². The van der Waals surface area contributed by atoms with Crippen molar-refractivity contribution in [1.29, 1.82) is 0 Å². The van der Waals surface area contributed by atoms with Gasteiger partial charge in [-0.05, 0) is 47.5 Å². The lowest BCUT2D eigenvalue weighted by molar-refractivity contribution is 1.07. The zero-order valence-corrected chi connectivity index (χ0v) is 27.7. The van der Waals surface area contributed by atoms with Crippen molar-refractivity contribution >= 4 is 53.3 Å². The molecule has 50 heavy (non-hydrogen) atoms. The summed E-state index contributed by atoms with van der Waals surface area (Å²) in [6.07, 6.45) is 0. The molecule has 0 aliphatic rings. The van der Waals surface area contributed by atoms with Crippen LogP contribution in [0.4, 0.5) is 0 Å². The minimum absolute atomic E-state index is 0.646. The summed E-state index contributed by atoms with van der Waals surface area (Å²) >= 11 is 1.87. The summed E-state index contributed by atoms with van der Waals surface area (Å²) in [6, 6.07) is 59.6. The lowest BCUT2D eigenvalue weighted by atomic mass is 9.95. The Morgan fingerprint density at radius 1 is 0.420 bits per heavy atom. The number of hydrogen-bond donors (Lipinski definition) is 0. The van der Waals surface area contributed by atoms with Gasteiger partial charge in [-0.2, -0.15) is 0 Å². The number of fused-ring (bicyclic) bond motifs is 7. The van der Waals surface area contributed by atoms with E-state index in [1.807, 2.05) is 72.0 Å². The van der Waals surface area contributed by atoms with Gasteiger partial charge < -0.3 is 4.57 Å². The maximum atomic E-state index is 5.04. The molecule has 7 aromatic carbocycles. The SMILES string of the molecule is c1ccc(-c2nc(-c3ccccc3)nc(-c3cccc(-c4cc5c6ccccc6n(-c6ccccc6)c5c5sc6ccccc6c45)c3)n2)cc1. The highest BCUT2D eigenvalue weighted by Crippen LogP contribution is 2.47. The van der Waals surface area contributed by atoms with Crippen LogP contribution in [0.5, 0.6) is 0 Å². The smallest absolute Gasteiger partial charge is 0.164 e. The lowest BCUT2D eigenvalue weighted by Crippen LogP contribution is -2.00. The van der Waals surface area contributed by atoms with Gasteiger partial charge in [-0.25, -0.2) is 15.0 Å². The summed E-state index contributed by atoms with van der Waals surface area (Å²) in [5, 5.41) is 5.00. The van der Waals surface area contributed by atoms with E-state index < -0.39 is 0 Å². The fourth-order valence-corrected chi connectivity index (χ4v) is 8.43. The van der Waals surface area contributed by atoms with Crippen LogP contribution in [0.1, 0.15) is 0 Å². The Kier molecular flexibility index (Phi) is 6.64. The van der Waals surface area contributed by atoms with E-state index in [0.29, 0.717) is 17.5 Å². The van der Waals surface area contributed by atoms with E-state index in [1.165, 1.54) is 47.5 Å². The molecule has 0 saturated carbocycles. The highest BCUT2D eigenvalue weighted by atomic mass is 32.1. The molecule has 0 fully saturated rings. The molecular weight excluding hydrogens is 629 g/mol. The Bertz CT molecular complexity index is 2800. The second-order valence-corrected chi connectivity index (χ2v) is 13.5. The van der Waals surface area contributed by atoms with Crippen molar-refractivity contribution in [2.24, 2.45) is 0 Å². The van der Waals surface area contributed by atoms with Gasteiger partial charge in [0.15, 0.2) is 17.5 Å². The highest BCUT2D eigenvalue weighted by Gasteiger charge is 2.22. The van der Waals surface area contributed by atoms with Crippen molar-refractivity contribution in [3.8, 4) is 51.0 Å². The van der Waals surface area contributed by atoms with Crippen LogP contribution < -0.4 is 0 Å². The molecule has 234 valence electrons. The van der Waals surface area contributed by atoms with Gasteiger partial charge in [0.1, 0.15) is 0 Å². The summed E-state index contributed by atoms with van der Waals surface area (Å²) in [4.78, 5) is 15.0. The molecular formula is C45H28N4S. The largest absolute Gasteiger partial charge is 0.308 e. The van der Waals surface area contributed by atoms with Crippen LogP contribution in [0, 0.1) is 0 Å². The number of para-hydroxylation sites is 2. The predicted octanol–water partition coefficient (Wildman–Crippen LogP) is 12.0. The van der Waals surface area contributed by atoms with E-state index in [4.69, 9.17) is 15.0 Å². The molecule has 10 aromatic rings. The summed E-state index contributed by atoms with van der Waals surface area (Å²) in [6.45, 7) is 0. The van der Waals surface area contributed by atoms with Crippen molar-refractivity contribution in [3.05, 3.63) is 170 Å². The van der Waals surface area contributed by atoms with E-state index in [2.05, 4.69) is 114 Å². The second kappa shape index (κ2) is 11.6. The molecule has 0 spiro atoms. The van der Waals surface area contributed by atoms with Crippen molar-refractivity contribution in [2.45, 2.75) is 0 Å². The van der Waals surface area contributed by atoms with Crippen molar-refractivity contribution in [1.82, 2.24) is 19.5 Å². The van der Waals surface area contributed by atoms with Gasteiger partial charge in [-0.3, -0.25) is 0 Å². The fourth-order valence-electron chi connectivity index (χ4n) is 7.17. The number of rotatable bonds is 5. The minimum atomic E-state index is 0.646. The number of nitrogens with zero attached hydrogens (tertiary/aromatic N) is 4. The Morgan fingerprint density at radius 3 is 1.66 bits per heavy atom. The zero-order chi connectivity index (χ0) is 33.0. The molecule has 4 nitrogen and oxygen atoms in total. The van der Waals surface area contributed by atoms with Crippen molar-refractivity contribution < 1.29 is 0 Å². The molecule has 0 aliphatic carbocycles. The first kappa shape index (κ1) is 28.6. The Balaban J connectivity index is 1.25. The van der Waals surface area contributed by atoms with E-state index in [1.54, 1.807) is 0 Å². The number of benzene rings is 7. The topological polar surface area (TPSA) is 43.6 Å². The normalized spacial score (nSPS) is 11.6. The number of hydrogen-bond acceptors (Lipinski definition) is 4. The van der Waals surface area contributed by atoms with E-state index in [-0.39, 0.29) is 0 Å². The minimum Gasteiger partial charge on any atom is -0.308 e. The molecule has 5 heteroatoms. The molecule has 0 bridgehead atoms. The third-order valence-corrected chi connectivity index (χ3v) is 10.6. The van der Waals surface area contributed by atoms with Crippen LogP contribution in [0.2, 0.25) is 0 Å². The third kappa shape index (κ3) is 4.63. The average molecular weight is 657 g/mol. The molecule has 0 atom stereocenters. The maximum Gasteiger partial charge on any atom is 0.164 e. The summed E-state index contributed by atoms with van der Waals surface area (Å²) in [5.74, 6) is 1.95. The third-order valence-electron chi connectivity index (χ3n) is 9.43. The first-order valence-corrected chi connectivity index (χ1v) is 17.5.